The highest BCUT2D eigenvalue weighted by atomic mass is 14.7. The van der Waals surface area contributed by atoms with E-state index in [-0.39, 0.29) is 11.3 Å². The van der Waals surface area contributed by atoms with E-state index in [4.69, 9.17) is 0 Å². The van der Waals surface area contributed by atoms with Gasteiger partial charge in [-0.25, -0.2) is 0 Å². The van der Waals surface area contributed by atoms with Crippen LogP contribution in [0.5, 0.6) is 0 Å². The van der Waals surface area contributed by atoms with Crippen LogP contribution in [0.1, 0.15) is 50.1 Å². The molecule has 0 radical (unpaired) electrons. The van der Waals surface area contributed by atoms with Crippen molar-refractivity contribution in [3.63, 3.8) is 0 Å². The van der Waals surface area contributed by atoms with Crippen LogP contribution in [0.15, 0.2) is 24.4 Å². The summed E-state index contributed by atoms with van der Waals surface area (Å²) in [7, 11) is 0. The van der Waals surface area contributed by atoms with E-state index in [0.717, 1.165) is 23.4 Å². The number of hydrogen-bond donors (Lipinski definition) is 0. The fourth-order valence-corrected chi connectivity index (χ4v) is 5.59. The van der Waals surface area contributed by atoms with Crippen molar-refractivity contribution < 1.29 is 0 Å². The average Bonchev–Trinajstić information content (AvgIpc) is 2.38. The Morgan fingerprint density at radius 2 is 1.74 bits per heavy atom. The van der Waals surface area contributed by atoms with Crippen molar-refractivity contribution in [3.8, 4) is 6.07 Å². The molecule has 4 saturated carbocycles. The van der Waals surface area contributed by atoms with Gasteiger partial charge in [0, 0.05) is 6.20 Å². The SMILES string of the molecule is N#CC(c1ccccn1)C12CC3CC(CC(C3)C1)C2. The number of nitrogens with zero attached hydrogens (tertiary/aromatic N) is 2. The smallest absolute Gasteiger partial charge is 0.0941 e. The molecule has 1 atom stereocenters. The summed E-state index contributed by atoms with van der Waals surface area (Å²) in [4.78, 5) is 4.48. The van der Waals surface area contributed by atoms with Crippen LogP contribution >= 0.6 is 0 Å². The third kappa shape index (κ3) is 1.71. The quantitative estimate of drug-likeness (QED) is 0.800. The lowest BCUT2D eigenvalue weighted by Gasteiger charge is -2.58. The van der Waals surface area contributed by atoms with E-state index in [0.29, 0.717) is 0 Å². The number of pyridine rings is 1. The zero-order valence-electron chi connectivity index (χ0n) is 11.3. The summed E-state index contributed by atoms with van der Waals surface area (Å²) < 4.78 is 0. The molecule has 1 aromatic rings. The average molecular weight is 252 g/mol. The summed E-state index contributed by atoms with van der Waals surface area (Å²) in [5.74, 6) is 2.70. The van der Waals surface area contributed by atoms with Crippen LogP contribution in [-0.2, 0) is 0 Å². The molecule has 0 spiro atoms. The van der Waals surface area contributed by atoms with Gasteiger partial charge in [0.2, 0.25) is 0 Å². The molecule has 0 aliphatic heterocycles. The van der Waals surface area contributed by atoms with Crippen LogP contribution in [0.4, 0.5) is 0 Å². The monoisotopic (exact) mass is 252 g/mol. The maximum absolute atomic E-state index is 9.75. The molecule has 0 N–H and O–H groups in total. The van der Waals surface area contributed by atoms with Gasteiger partial charge < -0.3 is 0 Å². The van der Waals surface area contributed by atoms with Gasteiger partial charge in [-0.1, -0.05) is 6.07 Å². The standard InChI is InChI=1S/C17H20N2/c18-11-15(16-3-1-2-4-19-16)17-8-12-5-13(9-17)7-14(6-12)10-17/h1-4,12-15H,5-10H2. The predicted molar refractivity (Wildman–Crippen MR) is 73.2 cm³/mol. The number of aromatic nitrogens is 1. The van der Waals surface area contributed by atoms with E-state index < -0.39 is 0 Å². The van der Waals surface area contributed by atoms with Crippen LogP contribution in [0, 0.1) is 34.5 Å². The maximum Gasteiger partial charge on any atom is 0.0941 e. The first kappa shape index (κ1) is 11.5. The third-order valence-electron chi connectivity index (χ3n) is 5.81. The Balaban J connectivity index is 1.72. The fraction of sp³-hybridized carbons (Fsp3) is 0.647. The minimum atomic E-state index is 0.0158. The Morgan fingerprint density at radius 3 is 2.21 bits per heavy atom. The van der Waals surface area contributed by atoms with Crippen molar-refractivity contribution in [2.24, 2.45) is 23.2 Å². The molecule has 4 aliphatic carbocycles. The Morgan fingerprint density at radius 1 is 1.11 bits per heavy atom. The van der Waals surface area contributed by atoms with E-state index in [9.17, 15) is 5.26 Å². The highest BCUT2D eigenvalue weighted by Crippen LogP contribution is 2.64. The van der Waals surface area contributed by atoms with Gasteiger partial charge in [-0.3, -0.25) is 4.98 Å². The second-order valence-electron chi connectivity index (χ2n) is 7.10. The van der Waals surface area contributed by atoms with Crippen molar-refractivity contribution in [1.29, 1.82) is 5.26 Å². The molecule has 0 amide bonds. The van der Waals surface area contributed by atoms with E-state index in [1.807, 2.05) is 24.4 Å². The number of rotatable bonds is 2. The number of hydrogen-bond acceptors (Lipinski definition) is 2. The molecule has 1 unspecified atom stereocenters. The summed E-state index contributed by atoms with van der Waals surface area (Å²) in [6.45, 7) is 0. The van der Waals surface area contributed by atoms with E-state index in [1.54, 1.807) is 0 Å². The fourth-order valence-electron chi connectivity index (χ4n) is 5.59. The molecule has 0 aromatic carbocycles. The van der Waals surface area contributed by atoms with Gasteiger partial charge in [0.15, 0.2) is 0 Å². The van der Waals surface area contributed by atoms with Crippen LogP contribution < -0.4 is 0 Å². The van der Waals surface area contributed by atoms with Gasteiger partial charge in [-0.2, -0.15) is 5.26 Å². The molecule has 0 saturated heterocycles. The highest BCUT2D eigenvalue weighted by molar-refractivity contribution is 5.24. The first-order chi connectivity index (χ1) is 9.29. The second kappa shape index (κ2) is 4.07. The highest BCUT2D eigenvalue weighted by Gasteiger charge is 2.54. The minimum Gasteiger partial charge on any atom is -0.260 e. The molecule has 4 fully saturated rings. The van der Waals surface area contributed by atoms with Gasteiger partial charge in [0.25, 0.3) is 0 Å². The molecular weight excluding hydrogens is 232 g/mol. The van der Waals surface area contributed by atoms with Crippen LogP contribution in [0.25, 0.3) is 0 Å². The number of nitriles is 1. The van der Waals surface area contributed by atoms with E-state index >= 15 is 0 Å². The van der Waals surface area contributed by atoms with Crippen molar-refractivity contribution >= 4 is 0 Å². The summed E-state index contributed by atoms with van der Waals surface area (Å²) in [5, 5.41) is 9.75. The molecule has 2 nitrogen and oxygen atoms in total. The normalized spacial score (nSPS) is 40.9. The molecule has 4 aliphatic rings. The predicted octanol–water partition coefficient (Wildman–Crippen LogP) is 3.91. The minimum absolute atomic E-state index is 0.0158. The first-order valence-corrected chi connectivity index (χ1v) is 7.60. The Bertz CT molecular complexity index is 479. The molecule has 1 aromatic heterocycles. The molecule has 5 rings (SSSR count). The zero-order chi connectivity index (χ0) is 12.9. The summed E-state index contributed by atoms with van der Waals surface area (Å²) in [5.41, 5.74) is 1.25. The molecular formula is C17H20N2. The molecule has 1 heterocycles. The van der Waals surface area contributed by atoms with Gasteiger partial charge in [0.1, 0.15) is 0 Å². The molecule has 2 heteroatoms. The molecule has 4 bridgehead atoms. The molecule has 98 valence electrons. The summed E-state index contributed by atoms with van der Waals surface area (Å²) in [6, 6.07) is 8.62. The van der Waals surface area contributed by atoms with E-state index in [1.165, 1.54) is 38.5 Å². The van der Waals surface area contributed by atoms with Crippen LogP contribution in [0.2, 0.25) is 0 Å². The van der Waals surface area contributed by atoms with E-state index in [2.05, 4.69) is 11.1 Å². The topological polar surface area (TPSA) is 36.7 Å². The lowest BCUT2D eigenvalue weighted by molar-refractivity contribution is -0.0600. The largest absolute Gasteiger partial charge is 0.260 e. The zero-order valence-corrected chi connectivity index (χ0v) is 11.3. The van der Waals surface area contributed by atoms with Crippen molar-refractivity contribution in [3.05, 3.63) is 30.1 Å². The summed E-state index contributed by atoms with van der Waals surface area (Å²) in [6.07, 6.45) is 9.94. The lowest BCUT2D eigenvalue weighted by Crippen LogP contribution is -2.48. The Kier molecular flexibility index (Phi) is 2.45. The van der Waals surface area contributed by atoms with Crippen molar-refractivity contribution in [2.45, 2.75) is 44.4 Å². The second-order valence-corrected chi connectivity index (χ2v) is 7.10. The Hall–Kier alpha value is -1.36. The molecule has 19 heavy (non-hydrogen) atoms. The van der Waals surface area contributed by atoms with Gasteiger partial charge >= 0.3 is 0 Å². The van der Waals surface area contributed by atoms with Gasteiger partial charge in [0.05, 0.1) is 17.7 Å². The van der Waals surface area contributed by atoms with Crippen LogP contribution in [-0.4, -0.2) is 4.98 Å². The maximum atomic E-state index is 9.75. The first-order valence-electron chi connectivity index (χ1n) is 7.60. The Labute approximate surface area is 114 Å². The third-order valence-corrected chi connectivity index (χ3v) is 5.81. The van der Waals surface area contributed by atoms with Gasteiger partial charge in [-0.05, 0) is 73.8 Å². The van der Waals surface area contributed by atoms with Gasteiger partial charge in [-0.15, -0.1) is 0 Å². The van der Waals surface area contributed by atoms with Crippen molar-refractivity contribution in [2.75, 3.05) is 0 Å². The lowest BCUT2D eigenvalue weighted by atomic mass is 9.46. The van der Waals surface area contributed by atoms with Crippen molar-refractivity contribution in [1.82, 2.24) is 4.98 Å². The van der Waals surface area contributed by atoms with Crippen LogP contribution in [0.3, 0.4) is 0 Å². The summed E-state index contributed by atoms with van der Waals surface area (Å²) >= 11 is 0.